The second-order valence-electron chi connectivity index (χ2n) is 1.25. The number of ether oxygens (including phenoxy) is 1. The average molecular weight is 119 g/mol. The molecule has 0 aromatic carbocycles. The molecule has 0 radical (unpaired) electrons. The van der Waals surface area contributed by atoms with E-state index in [1.165, 1.54) is 0 Å². The third kappa shape index (κ3) is 3.46. The van der Waals surface area contributed by atoms with Crippen LogP contribution in [0.25, 0.3) is 0 Å². The molecule has 0 saturated heterocycles. The first-order valence-electron chi connectivity index (χ1n) is 2.71. The van der Waals surface area contributed by atoms with Crippen molar-refractivity contribution in [1.82, 2.24) is 5.32 Å². The second-order valence-corrected chi connectivity index (χ2v) is 1.25. The fourth-order valence-electron chi connectivity index (χ4n) is 0.326. The van der Waals surface area contributed by atoms with Crippen LogP contribution in [0.5, 0.6) is 0 Å². The normalized spacial score (nSPS) is 8.25. The van der Waals surface area contributed by atoms with E-state index in [2.05, 4.69) is 10.1 Å². The lowest BCUT2D eigenvalue weighted by molar-refractivity contribution is 0.153. The van der Waals surface area contributed by atoms with Gasteiger partial charge in [-0.15, -0.1) is 0 Å². The first-order valence-corrected chi connectivity index (χ1v) is 2.71. The van der Waals surface area contributed by atoms with Crippen LogP contribution in [0.4, 0.5) is 4.79 Å². The van der Waals surface area contributed by atoms with Gasteiger partial charge in [0.15, 0.2) is 0 Å². The van der Waals surface area contributed by atoms with E-state index in [4.69, 9.17) is 0 Å². The Morgan fingerprint density at radius 1 is 1.88 bits per heavy atom. The van der Waals surface area contributed by atoms with Gasteiger partial charge in [-0.1, -0.05) is 0 Å². The predicted molar refractivity (Wildman–Crippen MR) is 30.7 cm³/mol. The first kappa shape index (κ1) is 7.27. The van der Waals surface area contributed by atoms with E-state index in [1.807, 2.05) is 6.92 Å². The van der Waals surface area contributed by atoms with Gasteiger partial charge in [0.2, 0.25) is 0 Å². The molecule has 0 aromatic rings. The molecule has 0 aliphatic rings. The van der Waals surface area contributed by atoms with Gasteiger partial charge in [-0.3, -0.25) is 0 Å². The molecule has 8 heavy (non-hydrogen) atoms. The molecule has 0 spiro atoms. The van der Waals surface area contributed by atoms with Crippen LogP contribution in [0, 0.1) is 0 Å². The summed E-state index contributed by atoms with van der Waals surface area (Å²) in [5, 5.41) is 2.49. The highest BCUT2D eigenvalue weighted by Crippen LogP contribution is 1.72. The number of hydrogen-bond acceptors (Lipinski definition) is 2. The fraction of sp³-hybridized carbons (Fsp3) is 0.800. The SMILES string of the molecule is CCOC(=O)N[14CH2]C. The summed E-state index contributed by atoms with van der Waals surface area (Å²) in [6, 6.07) is 0. The number of carbonyl (C=O) groups is 1. The Labute approximate surface area is 49.0 Å². The number of amides is 1. The molecule has 0 atom stereocenters. The van der Waals surface area contributed by atoms with Crippen LogP contribution in [-0.4, -0.2) is 19.2 Å². The van der Waals surface area contributed by atoms with E-state index in [-0.39, 0.29) is 6.09 Å². The number of carbonyl (C=O) groups excluding carboxylic acids is 1. The maximum atomic E-state index is 10.3. The molecule has 0 aliphatic heterocycles. The molecule has 3 heteroatoms. The summed E-state index contributed by atoms with van der Waals surface area (Å²) in [4.78, 5) is 10.3. The average Bonchev–Trinajstić information content (AvgIpc) is 1.68. The topological polar surface area (TPSA) is 38.3 Å². The fourth-order valence-corrected chi connectivity index (χ4v) is 0.326. The molecule has 3 nitrogen and oxygen atoms in total. The molecule has 0 unspecified atom stereocenters. The van der Waals surface area contributed by atoms with E-state index >= 15 is 0 Å². The Bertz CT molecular complexity index is 64.8. The smallest absolute Gasteiger partial charge is 0.407 e. The summed E-state index contributed by atoms with van der Waals surface area (Å²) >= 11 is 0. The summed E-state index contributed by atoms with van der Waals surface area (Å²) in [5.74, 6) is 0. The number of alkyl carbamates (subject to hydrolysis) is 1. The van der Waals surface area contributed by atoms with Crippen molar-refractivity contribution >= 4 is 6.09 Å². The zero-order chi connectivity index (χ0) is 6.41. The van der Waals surface area contributed by atoms with Gasteiger partial charge in [-0.2, -0.15) is 0 Å². The standard InChI is InChI=1S/C5H11NO2/c1-3-6-5(7)8-4-2/h3-4H2,1-2H3,(H,6,7)/i3+2. The molecule has 0 heterocycles. The zero-order valence-electron chi connectivity index (χ0n) is 5.23. The molecule has 1 N–H and O–H groups in total. The minimum atomic E-state index is -0.338. The van der Waals surface area contributed by atoms with Crippen LogP contribution < -0.4 is 5.32 Å². The number of hydrogen-bond donors (Lipinski definition) is 1. The first-order chi connectivity index (χ1) is 3.81. The third-order valence-electron chi connectivity index (χ3n) is 0.597. The minimum absolute atomic E-state index is 0.338. The molecular weight excluding hydrogens is 108 g/mol. The van der Waals surface area contributed by atoms with Crippen LogP contribution in [0.15, 0.2) is 0 Å². The lowest BCUT2D eigenvalue weighted by Gasteiger charge is -1.99. The summed E-state index contributed by atoms with van der Waals surface area (Å²) in [7, 11) is 0. The van der Waals surface area contributed by atoms with Gasteiger partial charge in [0, 0.05) is 6.54 Å². The molecule has 0 bridgehead atoms. The number of rotatable bonds is 2. The van der Waals surface area contributed by atoms with Crippen molar-refractivity contribution in [2.75, 3.05) is 13.2 Å². The van der Waals surface area contributed by atoms with Crippen LogP contribution in [0.2, 0.25) is 0 Å². The van der Waals surface area contributed by atoms with E-state index in [9.17, 15) is 4.79 Å². The molecule has 0 aromatic heterocycles. The highest BCUT2D eigenvalue weighted by atomic mass is 16.5. The van der Waals surface area contributed by atoms with Crippen LogP contribution in [0.3, 0.4) is 0 Å². The van der Waals surface area contributed by atoms with Crippen molar-refractivity contribution < 1.29 is 9.53 Å². The summed E-state index contributed by atoms with van der Waals surface area (Å²) in [5.41, 5.74) is 0. The predicted octanol–water partition coefficient (Wildman–Crippen LogP) is 0.752. The molecule has 1 amide bonds. The zero-order valence-corrected chi connectivity index (χ0v) is 5.23. The summed E-state index contributed by atoms with van der Waals surface area (Å²) < 4.78 is 4.53. The van der Waals surface area contributed by atoms with E-state index in [1.54, 1.807) is 6.92 Å². The van der Waals surface area contributed by atoms with Crippen molar-refractivity contribution in [3.63, 3.8) is 0 Å². The Morgan fingerprint density at radius 2 is 2.50 bits per heavy atom. The number of nitrogens with one attached hydrogen (secondary N) is 1. The Hall–Kier alpha value is -0.730. The minimum Gasteiger partial charge on any atom is -0.450 e. The lowest BCUT2D eigenvalue weighted by Crippen LogP contribution is -2.23. The maximum Gasteiger partial charge on any atom is 0.407 e. The quantitative estimate of drug-likeness (QED) is 0.582. The maximum absolute atomic E-state index is 10.3. The summed E-state index contributed by atoms with van der Waals surface area (Å²) in [6.07, 6.45) is -0.338. The van der Waals surface area contributed by atoms with Gasteiger partial charge in [0.05, 0.1) is 6.61 Å². The second kappa shape index (κ2) is 4.43. The molecule has 0 saturated carbocycles. The van der Waals surface area contributed by atoms with Gasteiger partial charge < -0.3 is 10.1 Å². The lowest BCUT2D eigenvalue weighted by atomic mass is 10.9. The summed E-state index contributed by atoms with van der Waals surface area (Å²) in [6.45, 7) is 4.68. The van der Waals surface area contributed by atoms with Gasteiger partial charge in [0.1, 0.15) is 0 Å². The van der Waals surface area contributed by atoms with E-state index < -0.39 is 0 Å². The Morgan fingerprint density at radius 3 is 2.88 bits per heavy atom. The monoisotopic (exact) mass is 119 g/mol. The van der Waals surface area contributed by atoms with Crippen molar-refractivity contribution in [3.8, 4) is 0 Å². The Kier molecular flexibility index (Phi) is 4.03. The van der Waals surface area contributed by atoms with E-state index in [0.717, 1.165) is 0 Å². The Balaban J connectivity index is 3.06. The molecular formula is C5H11NO2. The van der Waals surface area contributed by atoms with Crippen molar-refractivity contribution in [3.05, 3.63) is 0 Å². The molecule has 0 rings (SSSR count). The van der Waals surface area contributed by atoms with Crippen LogP contribution >= 0.6 is 0 Å². The van der Waals surface area contributed by atoms with Gasteiger partial charge in [-0.05, 0) is 13.8 Å². The van der Waals surface area contributed by atoms with Crippen LogP contribution in [-0.2, 0) is 4.74 Å². The van der Waals surface area contributed by atoms with Crippen molar-refractivity contribution in [2.24, 2.45) is 0 Å². The molecule has 0 fully saturated rings. The highest BCUT2D eigenvalue weighted by Gasteiger charge is 1.92. The van der Waals surface area contributed by atoms with Gasteiger partial charge in [-0.25, -0.2) is 4.79 Å². The van der Waals surface area contributed by atoms with Crippen LogP contribution in [0.1, 0.15) is 13.8 Å². The third-order valence-corrected chi connectivity index (χ3v) is 0.597. The molecule has 0 aliphatic carbocycles. The van der Waals surface area contributed by atoms with Gasteiger partial charge in [0.25, 0.3) is 0 Å². The van der Waals surface area contributed by atoms with Crippen molar-refractivity contribution in [2.45, 2.75) is 13.8 Å². The van der Waals surface area contributed by atoms with Gasteiger partial charge >= 0.3 is 6.09 Å². The largest absolute Gasteiger partial charge is 0.450 e. The molecule has 48 valence electrons. The highest BCUT2D eigenvalue weighted by molar-refractivity contribution is 5.66. The van der Waals surface area contributed by atoms with Crippen molar-refractivity contribution in [1.29, 1.82) is 0 Å². The van der Waals surface area contributed by atoms with E-state index in [0.29, 0.717) is 13.2 Å².